The van der Waals surface area contributed by atoms with Gasteiger partial charge in [0.2, 0.25) is 0 Å². The van der Waals surface area contributed by atoms with E-state index in [9.17, 15) is 4.57 Å². The molecule has 3 rings (SSSR count). The van der Waals surface area contributed by atoms with Gasteiger partial charge in [-0.3, -0.25) is 0 Å². The van der Waals surface area contributed by atoms with Gasteiger partial charge in [0.15, 0.2) is 7.14 Å². The number of benzene rings is 3. The first-order valence-corrected chi connectivity index (χ1v) is 8.29. The van der Waals surface area contributed by atoms with Crippen LogP contribution in [0.1, 0.15) is 0 Å². The van der Waals surface area contributed by atoms with Crippen molar-refractivity contribution >= 4 is 61.0 Å². The minimum atomic E-state index is -2.78. The average molecular weight is 437 g/mol. The Morgan fingerprint density at radius 3 is 0.955 bits per heavy atom. The molecule has 0 fully saturated rings. The Balaban J connectivity index is 0.00000121. The Labute approximate surface area is 156 Å². The van der Waals surface area contributed by atoms with Crippen molar-refractivity contribution < 1.29 is 4.57 Å². The van der Waals surface area contributed by atoms with E-state index in [0.29, 0.717) is 0 Å². The van der Waals surface area contributed by atoms with Crippen LogP contribution in [0, 0.1) is 0 Å². The molecule has 1 nitrogen and oxygen atoms in total. The van der Waals surface area contributed by atoms with Gasteiger partial charge in [0, 0.05) is 15.9 Å². The molecule has 0 bridgehead atoms. The van der Waals surface area contributed by atoms with E-state index in [-0.39, 0.29) is 37.9 Å². The Kier molecular flexibility index (Phi) is 7.49. The van der Waals surface area contributed by atoms with Crippen molar-refractivity contribution in [1.29, 1.82) is 0 Å². The second-order valence-electron chi connectivity index (χ2n) is 4.62. The summed E-state index contributed by atoms with van der Waals surface area (Å²) >= 11 is 0. The summed E-state index contributed by atoms with van der Waals surface area (Å²) in [4.78, 5) is 0. The molecule has 3 aromatic carbocycles. The Bertz CT molecular complexity index is 629. The van der Waals surface area contributed by atoms with Crippen LogP contribution in [0.5, 0.6) is 0 Å². The Hall–Kier alpha value is -0.942. The maximum atomic E-state index is 13.8. The summed E-state index contributed by atoms with van der Waals surface area (Å²) in [6.07, 6.45) is 0. The van der Waals surface area contributed by atoms with Gasteiger partial charge >= 0.3 is 24.4 Å². The van der Waals surface area contributed by atoms with E-state index in [4.69, 9.17) is 0 Å². The maximum absolute atomic E-state index is 13.8. The molecule has 114 valence electrons. The van der Waals surface area contributed by atoms with Gasteiger partial charge in [-0.2, -0.15) is 13.5 Å². The summed E-state index contributed by atoms with van der Waals surface area (Å²) in [5, 5.41) is 2.62. The zero-order valence-electron chi connectivity index (χ0n) is 12.2. The first-order chi connectivity index (χ1) is 9.82. The summed E-state index contributed by atoms with van der Waals surface area (Å²) in [6.45, 7) is 0. The second kappa shape index (κ2) is 8.63. The molecule has 0 aliphatic rings. The third-order valence-corrected chi connectivity index (χ3v) is 6.44. The number of hydrogen-bond acceptors (Lipinski definition) is 1. The summed E-state index contributed by atoms with van der Waals surface area (Å²) in [6, 6.07) is 29.1. The van der Waals surface area contributed by atoms with Crippen LogP contribution in [0.3, 0.4) is 0 Å². The van der Waals surface area contributed by atoms with Gasteiger partial charge in [-0.05, 0) is 0 Å². The first kappa shape index (κ1) is 19.1. The van der Waals surface area contributed by atoms with Gasteiger partial charge < -0.3 is 4.57 Å². The van der Waals surface area contributed by atoms with Crippen molar-refractivity contribution in [3.05, 3.63) is 91.0 Å². The van der Waals surface area contributed by atoms with Gasteiger partial charge in [-0.15, -0.1) is 0 Å². The molecule has 22 heavy (non-hydrogen) atoms. The van der Waals surface area contributed by atoms with Crippen molar-refractivity contribution in [2.75, 3.05) is 0 Å². The summed E-state index contributed by atoms with van der Waals surface area (Å²) in [5.41, 5.74) is 0. The number of hydrogen-bond donors (Lipinski definition) is 0. The fourth-order valence-electron chi connectivity index (χ4n) is 2.36. The molecule has 0 saturated carbocycles. The molecule has 3 aromatic rings. The fraction of sp³-hybridized carbons (Fsp3) is 0. The van der Waals surface area contributed by atoms with Crippen molar-refractivity contribution in [3.8, 4) is 0 Å². The van der Waals surface area contributed by atoms with Crippen LogP contribution < -0.4 is 15.9 Å². The minimum absolute atomic E-state index is 0. The van der Waals surface area contributed by atoms with Crippen molar-refractivity contribution in [2.24, 2.45) is 0 Å². The molecular formula is C18H20OPSSb. The standard InChI is InChI=1S/C18H15OP.H2S.Sb.3H/c19-20(16-10-4-1-5-11-16,17-12-6-2-7-13-17)18-14-8-3-9-15-18;;;;;/h1-15H;1H2;;;;. The molecule has 4 heteroatoms. The molecule has 0 atom stereocenters. The molecule has 0 heterocycles. The van der Waals surface area contributed by atoms with Crippen LogP contribution in [0.4, 0.5) is 0 Å². The zero-order chi connectivity index (χ0) is 13.8. The van der Waals surface area contributed by atoms with Gasteiger partial charge in [-0.1, -0.05) is 91.0 Å². The average Bonchev–Trinajstić information content (AvgIpc) is 2.56. The van der Waals surface area contributed by atoms with E-state index in [1.807, 2.05) is 91.0 Å². The molecule has 0 spiro atoms. The van der Waals surface area contributed by atoms with Gasteiger partial charge in [-0.25, -0.2) is 0 Å². The van der Waals surface area contributed by atoms with Gasteiger partial charge in [0.25, 0.3) is 0 Å². The van der Waals surface area contributed by atoms with E-state index < -0.39 is 7.14 Å². The molecule has 0 amide bonds. The SMILES string of the molecule is O=P(c1ccccc1)(c1ccccc1)c1ccccc1.S.[SbH3]. The summed E-state index contributed by atoms with van der Waals surface area (Å²) in [7, 11) is -2.78. The molecule has 0 radical (unpaired) electrons. The number of rotatable bonds is 3. The van der Waals surface area contributed by atoms with Crippen molar-refractivity contribution in [3.63, 3.8) is 0 Å². The molecule has 0 unspecified atom stereocenters. The van der Waals surface area contributed by atoms with Crippen LogP contribution in [-0.2, 0) is 4.57 Å². The normalized spacial score (nSPS) is 10.2. The zero-order valence-corrected chi connectivity index (χ0v) is 18.2. The predicted octanol–water partition coefficient (Wildman–Crippen LogP) is 2.25. The van der Waals surface area contributed by atoms with Crippen LogP contribution in [0.2, 0.25) is 0 Å². The quantitative estimate of drug-likeness (QED) is 0.454. The monoisotopic (exact) mass is 436 g/mol. The van der Waals surface area contributed by atoms with Crippen LogP contribution >= 0.6 is 20.6 Å². The molecule has 0 aliphatic heterocycles. The molecule has 0 aliphatic carbocycles. The van der Waals surface area contributed by atoms with Crippen LogP contribution in [-0.4, -0.2) is 24.4 Å². The molecular weight excluding hydrogens is 417 g/mol. The van der Waals surface area contributed by atoms with Crippen LogP contribution in [0.15, 0.2) is 91.0 Å². The summed E-state index contributed by atoms with van der Waals surface area (Å²) in [5.74, 6) is 0. The fourth-order valence-corrected chi connectivity index (χ4v) is 5.03. The van der Waals surface area contributed by atoms with Crippen molar-refractivity contribution in [2.45, 2.75) is 0 Å². The van der Waals surface area contributed by atoms with E-state index in [1.165, 1.54) is 0 Å². The van der Waals surface area contributed by atoms with Crippen LogP contribution in [0.25, 0.3) is 0 Å². The van der Waals surface area contributed by atoms with E-state index in [1.54, 1.807) is 0 Å². The van der Waals surface area contributed by atoms with E-state index in [0.717, 1.165) is 15.9 Å². The topological polar surface area (TPSA) is 17.1 Å². The van der Waals surface area contributed by atoms with Gasteiger partial charge in [0.1, 0.15) is 0 Å². The Morgan fingerprint density at radius 1 is 0.500 bits per heavy atom. The third kappa shape index (κ3) is 3.69. The third-order valence-electron chi connectivity index (χ3n) is 3.36. The molecule has 0 aromatic heterocycles. The Morgan fingerprint density at radius 2 is 0.727 bits per heavy atom. The van der Waals surface area contributed by atoms with Gasteiger partial charge in [0.05, 0.1) is 0 Å². The molecule has 0 saturated heterocycles. The summed E-state index contributed by atoms with van der Waals surface area (Å²) < 4.78 is 13.8. The molecule has 0 N–H and O–H groups in total. The van der Waals surface area contributed by atoms with E-state index >= 15 is 0 Å². The van der Waals surface area contributed by atoms with Crippen molar-refractivity contribution in [1.82, 2.24) is 0 Å². The first-order valence-electron chi connectivity index (χ1n) is 6.59. The predicted molar refractivity (Wildman–Crippen MR) is 106 cm³/mol. The second-order valence-corrected chi connectivity index (χ2v) is 7.38. The van der Waals surface area contributed by atoms with E-state index in [2.05, 4.69) is 0 Å².